The van der Waals surface area contributed by atoms with Crippen LogP contribution in [0.1, 0.15) is 37.6 Å². The lowest BCUT2D eigenvalue weighted by Crippen LogP contribution is -2.30. The zero-order valence-corrected chi connectivity index (χ0v) is 9.82. The average Bonchev–Trinajstić information content (AvgIpc) is 2.27. The molecule has 3 heteroatoms. The molecule has 0 spiro atoms. The van der Waals surface area contributed by atoms with Crippen LogP contribution in [-0.2, 0) is 0 Å². The number of aromatic nitrogens is 1. The van der Waals surface area contributed by atoms with Crippen molar-refractivity contribution < 1.29 is 4.79 Å². The van der Waals surface area contributed by atoms with Gasteiger partial charge in [0.05, 0.1) is 5.56 Å². The van der Waals surface area contributed by atoms with Crippen molar-refractivity contribution >= 4 is 11.6 Å². The fourth-order valence-electron chi connectivity index (χ4n) is 1.44. The highest BCUT2D eigenvalue weighted by atomic mass is 16.1. The Bertz CT molecular complexity index is 349. The number of ketones is 1. The van der Waals surface area contributed by atoms with Gasteiger partial charge in [0.1, 0.15) is 5.82 Å². The second-order valence-electron chi connectivity index (χ2n) is 3.80. The van der Waals surface area contributed by atoms with E-state index in [0.29, 0.717) is 11.6 Å². The molecule has 0 aliphatic rings. The molecule has 1 unspecified atom stereocenters. The fraction of sp³-hybridized carbons (Fsp3) is 0.500. The van der Waals surface area contributed by atoms with Crippen LogP contribution in [0.4, 0.5) is 5.82 Å². The monoisotopic (exact) mass is 206 g/mol. The summed E-state index contributed by atoms with van der Waals surface area (Å²) in [6.45, 7) is 5.82. The van der Waals surface area contributed by atoms with Gasteiger partial charge in [-0.2, -0.15) is 0 Å². The van der Waals surface area contributed by atoms with Crippen LogP contribution in [0.2, 0.25) is 0 Å². The van der Waals surface area contributed by atoms with Gasteiger partial charge in [-0.3, -0.25) is 4.79 Å². The minimum Gasteiger partial charge on any atom is -0.356 e. The van der Waals surface area contributed by atoms with Gasteiger partial charge in [0.15, 0.2) is 5.78 Å². The number of carbonyl (C=O) groups excluding carboxylic acids is 1. The van der Waals surface area contributed by atoms with Crippen molar-refractivity contribution in [3.05, 3.63) is 23.9 Å². The van der Waals surface area contributed by atoms with Gasteiger partial charge in [-0.15, -0.1) is 0 Å². The van der Waals surface area contributed by atoms with Gasteiger partial charge >= 0.3 is 0 Å². The van der Waals surface area contributed by atoms with Crippen LogP contribution in [-0.4, -0.2) is 23.9 Å². The minimum absolute atomic E-state index is 0.0632. The van der Waals surface area contributed by atoms with Gasteiger partial charge in [0, 0.05) is 19.3 Å². The highest BCUT2D eigenvalue weighted by Crippen LogP contribution is 2.19. The summed E-state index contributed by atoms with van der Waals surface area (Å²) in [5.41, 5.74) is 0.695. The molecule has 0 aliphatic carbocycles. The molecule has 1 atom stereocenters. The molecule has 1 aromatic heterocycles. The first-order valence-electron chi connectivity index (χ1n) is 5.26. The quantitative estimate of drug-likeness (QED) is 0.710. The van der Waals surface area contributed by atoms with Crippen LogP contribution in [0.3, 0.4) is 0 Å². The zero-order chi connectivity index (χ0) is 11.4. The summed E-state index contributed by atoms with van der Waals surface area (Å²) in [6, 6.07) is 4.01. The minimum atomic E-state index is 0.0632. The molecule has 1 aromatic rings. The molecule has 0 fully saturated rings. The summed E-state index contributed by atoms with van der Waals surface area (Å²) in [5.74, 6) is 0.840. The van der Waals surface area contributed by atoms with E-state index in [1.54, 1.807) is 19.2 Å². The van der Waals surface area contributed by atoms with Crippen molar-refractivity contribution in [3.8, 4) is 0 Å². The summed E-state index contributed by atoms with van der Waals surface area (Å²) in [6.07, 6.45) is 2.76. The van der Waals surface area contributed by atoms with Gasteiger partial charge in [0.25, 0.3) is 0 Å². The lowest BCUT2D eigenvalue weighted by molar-refractivity contribution is 0.101. The van der Waals surface area contributed by atoms with E-state index in [1.807, 2.05) is 13.1 Å². The number of Topliss-reactive ketones (excluding diaryl/α,β-unsaturated/α-hetero) is 1. The first kappa shape index (κ1) is 11.7. The molecule has 0 saturated carbocycles. The molecule has 82 valence electrons. The second kappa shape index (κ2) is 4.91. The van der Waals surface area contributed by atoms with Crippen molar-refractivity contribution in [1.82, 2.24) is 4.98 Å². The van der Waals surface area contributed by atoms with Crippen molar-refractivity contribution in [2.24, 2.45) is 0 Å². The van der Waals surface area contributed by atoms with Crippen LogP contribution < -0.4 is 4.90 Å². The Morgan fingerprint density at radius 3 is 2.80 bits per heavy atom. The summed E-state index contributed by atoms with van der Waals surface area (Å²) >= 11 is 0. The largest absolute Gasteiger partial charge is 0.356 e. The number of anilines is 1. The SMILES string of the molecule is CCC(C)N(C)c1ncccc1C(C)=O. The number of carbonyl (C=O) groups is 1. The van der Waals surface area contributed by atoms with E-state index in [-0.39, 0.29) is 5.78 Å². The Balaban J connectivity index is 3.07. The molecule has 0 amide bonds. The molecule has 0 N–H and O–H groups in total. The Hall–Kier alpha value is -1.38. The maximum absolute atomic E-state index is 11.4. The van der Waals surface area contributed by atoms with Gasteiger partial charge in [-0.05, 0) is 32.4 Å². The maximum Gasteiger partial charge on any atom is 0.163 e. The molecule has 0 bridgehead atoms. The fourth-order valence-corrected chi connectivity index (χ4v) is 1.44. The van der Waals surface area contributed by atoms with Crippen LogP contribution >= 0.6 is 0 Å². The van der Waals surface area contributed by atoms with Gasteiger partial charge < -0.3 is 4.90 Å². The third kappa shape index (κ3) is 2.55. The van der Waals surface area contributed by atoms with E-state index in [9.17, 15) is 4.79 Å². The Kier molecular flexibility index (Phi) is 3.83. The highest BCUT2D eigenvalue weighted by molar-refractivity contribution is 5.98. The third-order valence-corrected chi connectivity index (χ3v) is 2.75. The molecule has 1 rings (SSSR count). The van der Waals surface area contributed by atoms with E-state index < -0.39 is 0 Å². The van der Waals surface area contributed by atoms with Crippen LogP contribution in [0.25, 0.3) is 0 Å². The van der Waals surface area contributed by atoms with Crippen molar-refractivity contribution in [1.29, 1.82) is 0 Å². The Morgan fingerprint density at radius 2 is 2.27 bits per heavy atom. The molecule has 0 aliphatic heterocycles. The summed E-state index contributed by atoms with van der Waals surface area (Å²) in [7, 11) is 1.98. The van der Waals surface area contributed by atoms with Gasteiger partial charge in [0.2, 0.25) is 0 Å². The third-order valence-electron chi connectivity index (χ3n) is 2.75. The first-order chi connectivity index (χ1) is 7.07. The lowest BCUT2D eigenvalue weighted by Gasteiger charge is -2.26. The number of nitrogens with zero attached hydrogens (tertiary/aromatic N) is 2. The number of hydrogen-bond donors (Lipinski definition) is 0. The summed E-state index contributed by atoms with van der Waals surface area (Å²) in [4.78, 5) is 17.7. The molecular formula is C12H18N2O. The van der Waals surface area contributed by atoms with Crippen molar-refractivity contribution in [3.63, 3.8) is 0 Å². The predicted molar refractivity (Wildman–Crippen MR) is 62.4 cm³/mol. The molecule has 0 saturated heterocycles. The molecular weight excluding hydrogens is 188 g/mol. The Morgan fingerprint density at radius 1 is 1.60 bits per heavy atom. The van der Waals surface area contributed by atoms with E-state index >= 15 is 0 Å². The predicted octanol–water partition coefficient (Wildman–Crippen LogP) is 2.52. The molecule has 0 aromatic carbocycles. The normalized spacial score (nSPS) is 12.3. The first-order valence-corrected chi connectivity index (χ1v) is 5.26. The molecule has 15 heavy (non-hydrogen) atoms. The van der Waals surface area contributed by atoms with Gasteiger partial charge in [-0.25, -0.2) is 4.98 Å². The van der Waals surface area contributed by atoms with Crippen LogP contribution in [0.15, 0.2) is 18.3 Å². The van der Waals surface area contributed by atoms with E-state index in [0.717, 1.165) is 12.2 Å². The molecule has 1 heterocycles. The molecule has 0 radical (unpaired) electrons. The topological polar surface area (TPSA) is 33.2 Å². The van der Waals surface area contributed by atoms with Gasteiger partial charge in [-0.1, -0.05) is 6.92 Å². The van der Waals surface area contributed by atoms with E-state index in [1.165, 1.54) is 0 Å². The maximum atomic E-state index is 11.4. The standard InChI is InChI=1S/C12H18N2O/c1-5-9(2)14(4)12-11(10(3)15)7-6-8-13-12/h6-9H,5H2,1-4H3. The van der Waals surface area contributed by atoms with Crippen LogP contribution in [0.5, 0.6) is 0 Å². The smallest absolute Gasteiger partial charge is 0.163 e. The lowest BCUT2D eigenvalue weighted by atomic mass is 10.1. The summed E-state index contributed by atoms with van der Waals surface area (Å²) in [5, 5.41) is 0. The average molecular weight is 206 g/mol. The van der Waals surface area contributed by atoms with Crippen molar-refractivity contribution in [2.45, 2.75) is 33.2 Å². The Labute approximate surface area is 91.1 Å². The van der Waals surface area contributed by atoms with E-state index in [2.05, 4.69) is 23.7 Å². The number of pyridine rings is 1. The molecule has 3 nitrogen and oxygen atoms in total. The highest BCUT2D eigenvalue weighted by Gasteiger charge is 2.15. The van der Waals surface area contributed by atoms with Crippen molar-refractivity contribution in [2.75, 3.05) is 11.9 Å². The number of rotatable bonds is 4. The summed E-state index contributed by atoms with van der Waals surface area (Å²) < 4.78 is 0. The second-order valence-corrected chi connectivity index (χ2v) is 3.80. The van der Waals surface area contributed by atoms with E-state index in [4.69, 9.17) is 0 Å². The van der Waals surface area contributed by atoms with Crippen LogP contribution in [0, 0.1) is 0 Å². The zero-order valence-electron chi connectivity index (χ0n) is 9.82. The number of hydrogen-bond acceptors (Lipinski definition) is 3.